The van der Waals surface area contributed by atoms with Crippen LogP contribution < -0.4 is 16.0 Å². The number of aryl methyl sites for hydroxylation is 1. The van der Waals surface area contributed by atoms with Gasteiger partial charge in [-0.2, -0.15) is 0 Å². The molecule has 0 aliphatic carbocycles. The molecule has 1 radical (unpaired) electrons. The summed E-state index contributed by atoms with van der Waals surface area (Å²) in [5, 5.41) is 9.57. The Balaban J connectivity index is 1.70. The highest BCUT2D eigenvalue weighted by atomic mass is 16.2. The lowest BCUT2D eigenvalue weighted by Crippen LogP contribution is -2.48. The van der Waals surface area contributed by atoms with E-state index in [0.717, 1.165) is 35.5 Å². The zero-order valence-electron chi connectivity index (χ0n) is 18.0. The number of carbonyl (C=O) groups excluding carboxylic acids is 2. The number of benzene rings is 1. The third kappa shape index (κ3) is 5.34. The molecule has 2 heterocycles. The summed E-state index contributed by atoms with van der Waals surface area (Å²) in [6.07, 6.45) is 2.78. The van der Waals surface area contributed by atoms with Crippen molar-refractivity contribution in [3.05, 3.63) is 53.3 Å². The van der Waals surface area contributed by atoms with Crippen molar-refractivity contribution in [3.8, 4) is 0 Å². The summed E-state index contributed by atoms with van der Waals surface area (Å²) in [7, 11) is 5.49. The van der Waals surface area contributed by atoms with Crippen LogP contribution in [-0.4, -0.2) is 60.6 Å². The molecular formula is C22H29N6O2. The molecule has 30 heavy (non-hydrogen) atoms. The smallest absolute Gasteiger partial charge is 0.307 e. The van der Waals surface area contributed by atoms with Gasteiger partial charge >= 0.3 is 6.03 Å². The highest BCUT2D eigenvalue weighted by Gasteiger charge is 2.28. The standard InChI is InChI=1S/C22H29N6O2/c1-15-8-9-17(13-24-15)25-22(30)26-19-7-5-6-16-14-28(11-10-18(16)19)21(27(3)4)12-20(29)23-2/h5-9,13,21H,10-12,14H2,1-4H3,(H2,25,26,30). The molecule has 1 atom stereocenters. The van der Waals surface area contributed by atoms with Gasteiger partial charge in [0.1, 0.15) is 0 Å². The first kappa shape index (κ1) is 21.7. The van der Waals surface area contributed by atoms with E-state index in [1.165, 1.54) is 7.05 Å². The molecule has 3 amide bonds. The van der Waals surface area contributed by atoms with Gasteiger partial charge in [-0.05, 0) is 56.8 Å². The van der Waals surface area contributed by atoms with E-state index in [2.05, 4.69) is 36.8 Å². The zero-order chi connectivity index (χ0) is 21.7. The number of nitrogens with one attached hydrogen (secondary N) is 2. The maximum Gasteiger partial charge on any atom is 0.323 e. The van der Waals surface area contributed by atoms with E-state index in [0.29, 0.717) is 18.7 Å². The molecule has 8 heteroatoms. The molecule has 0 bridgehead atoms. The van der Waals surface area contributed by atoms with Gasteiger partial charge in [0.25, 0.3) is 0 Å². The first-order valence-corrected chi connectivity index (χ1v) is 10.0. The van der Waals surface area contributed by atoms with E-state index in [-0.39, 0.29) is 18.1 Å². The van der Waals surface area contributed by atoms with E-state index < -0.39 is 0 Å². The Morgan fingerprint density at radius 1 is 1.23 bits per heavy atom. The molecule has 0 fully saturated rings. The van der Waals surface area contributed by atoms with Gasteiger partial charge in [-0.3, -0.25) is 24.9 Å². The van der Waals surface area contributed by atoms with Crippen LogP contribution in [0.3, 0.4) is 0 Å². The number of anilines is 2. The molecule has 3 rings (SSSR count). The van der Waals surface area contributed by atoms with Crippen LogP contribution in [0, 0.1) is 6.92 Å². The Bertz CT molecular complexity index is 897. The first-order chi connectivity index (χ1) is 14.4. The van der Waals surface area contributed by atoms with Crippen molar-refractivity contribution >= 4 is 23.3 Å². The molecule has 159 valence electrons. The molecule has 0 spiro atoms. The highest BCUT2D eigenvalue weighted by Crippen LogP contribution is 2.28. The molecule has 1 aromatic heterocycles. The number of fused-ring (bicyclic) bond motifs is 1. The number of carbonyl (C=O) groups is 2. The van der Waals surface area contributed by atoms with Gasteiger partial charge in [-0.25, -0.2) is 4.79 Å². The van der Waals surface area contributed by atoms with E-state index in [1.54, 1.807) is 6.20 Å². The second kappa shape index (κ2) is 9.69. The molecule has 2 aromatic rings. The minimum Gasteiger partial charge on any atom is -0.307 e. The molecule has 2 N–H and O–H groups in total. The topological polar surface area (TPSA) is 91.7 Å². The van der Waals surface area contributed by atoms with Crippen LogP contribution in [0.4, 0.5) is 16.2 Å². The summed E-state index contributed by atoms with van der Waals surface area (Å²) in [5.74, 6) is -0.0998. The molecular weight excluding hydrogens is 380 g/mol. The minimum absolute atomic E-state index is 0.0108. The lowest BCUT2D eigenvalue weighted by Gasteiger charge is -2.39. The monoisotopic (exact) mass is 409 g/mol. The highest BCUT2D eigenvalue weighted by molar-refractivity contribution is 6.00. The summed E-state index contributed by atoms with van der Waals surface area (Å²) < 4.78 is 0. The van der Waals surface area contributed by atoms with Crippen molar-refractivity contribution in [2.24, 2.45) is 0 Å². The Morgan fingerprint density at radius 3 is 2.70 bits per heavy atom. The third-order valence-electron chi connectivity index (χ3n) is 5.34. The summed E-state index contributed by atoms with van der Waals surface area (Å²) >= 11 is 0. The van der Waals surface area contributed by atoms with Crippen LogP contribution >= 0.6 is 0 Å². The minimum atomic E-state index is -0.294. The Hall–Kier alpha value is -2.97. The van der Waals surface area contributed by atoms with Gasteiger partial charge in [-0.1, -0.05) is 12.1 Å². The Morgan fingerprint density at radius 2 is 2.03 bits per heavy atom. The second-order valence-electron chi connectivity index (χ2n) is 7.70. The number of aromatic nitrogens is 1. The van der Waals surface area contributed by atoms with Gasteiger partial charge < -0.3 is 10.6 Å². The summed E-state index contributed by atoms with van der Waals surface area (Å²) in [5.41, 5.74) is 4.64. The van der Waals surface area contributed by atoms with Crippen LogP contribution in [0.25, 0.3) is 0 Å². The molecule has 1 unspecified atom stereocenters. The van der Waals surface area contributed by atoms with Crippen molar-refractivity contribution in [2.45, 2.75) is 32.5 Å². The maximum absolute atomic E-state index is 12.5. The van der Waals surface area contributed by atoms with Crippen LogP contribution in [0.5, 0.6) is 0 Å². The van der Waals surface area contributed by atoms with Crippen LogP contribution in [0.1, 0.15) is 23.2 Å². The summed E-state index contributed by atoms with van der Waals surface area (Å²) in [6.45, 7) is 3.42. The number of pyridine rings is 1. The average Bonchev–Trinajstić information content (AvgIpc) is 2.73. The fourth-order valence-corrected chi connectivity index (χ4v) is 3.71. The fraction of sp³-hybridized carbons (Fsp3) is 0.409. The van der Waals surface area contributed by atoms with Gasteiger partial charge in [-0.15, -0.1) is 0 Å². The summed E-state index contributed by atoms with van der Waals surface area (Å²) in [6, 6.07) is 9.33. The zero-order valence-corrected chi connectivity index (χ0v) is 18.0. The van der Waals surface area contributed by atoms with E-state index in [1.807, 2.05) is 45.3 Å². The molecule has 1 aliphatic heterocycles. The predicted molar refractivity (Wildman–Crippen MR) is 117 cm³/mol. The number of hydrogen-bond acceptors (Lipinski definition) is 5. The van der Waals surface area contributed by atoms with Gasteiger partial charge in [0.2, 0.25) is 5.91 Å². The van der Waals surface area contributed by atoms with E-state index >= 15 is 0 Å². The lowest BCUT2D eigenvalue weighted by atomic mass is 9.97. The molecule has 1 aromatic carbocycles. The SMILES string of the molecule is C[N]C(=O)CC(N(C)C)N1CCc2c(cccc2NC(=O)Nc2ccc(C)nc2)C1. The van der Waals surface area contributed by atoms with Crippen LogP contribution in [-0.2, 0) is 17.8 Å². The van der Waals surface area contributed by atoms with E-state index in [4.69, 9.17) is 0 Å². The normalized spacial score (nSPS) is 14.7. The van der Waals surface area contributed by atoms with Crippen LogP contribution in [0.15, 0.2) is 36.5 Å². The molecule has 0 saturated carbocycles. The Labute approximate surface area is 177 Å². The van der Waals surface area contributed by atoms with Gasteiger partial charge in [0.05, 0.1) is 24.5 Å². The van der Waals surface area contributed by atoms with Crippen molar-refractivity contribution in [2.75, 3.05) is 38.3 Å². The number of hydrogen-bond donors (Lipinski definition) is 2. The number of urea groups is 1. The van der Waals surface area contributed by atoms with Crippen molar-refractivity contribution in [3.63, 3.8) is 0 Å². The Kier molecular flexibility index (Phi) is 7.02. The van der Waals surface area contributed by atoms with Crippen LogP contribution in [0.2, 0.25) is 0 Å². The first-order valence-electron chi connectivity index (χ1n) is 10.0. The molecule has 1 aliphatic rings. The number of amides is 3. The average molecular weight is 410 g/mol. The molecule has 8 nitrogen and oxygen atoms in total. The van der Waals surface area contributed by atoms with Gasteiger partial charge in [0, 0.05) is 31.5 Å². The number of rotatable bonds is 6. The van der Waals surface area contributed by atoms with Crippen molar-refractivity contribution in [1.29, 1.82) is 0 Å². The lowest BCUT2D eigenvalue weighted by molar-refractivity contribution is -0.123. The maximum atomic E-state index is 12.5. The summed E-state index contributed by atoms with van der Waals surface area (Å²) in [4.78, 5) is 32.9. The van der Waals surface area contributed by atoms with E-state index in [9.17, 15) is 9.59 Å². The quantitative estimate of drug-likeness (QED) is 0.765. The predicted octanol–water partition coefficient (Wildman–Crippen LogP) is 2.43. The largest absolute Gasteiger partial charge is 0.323 e. The molecule has 0 saturated heterocycles. The number of nitrogens with zero attached hydrogens (tertiary/aromatic N) is 4. The van der Waals surface area contributed by atoms with Crippen molar-refractivity contribution < 1.29 is 9.59 Å². The second-order valence-corrected chi connectivity index (χ2v) is 7.70. The van der Waals surface area contributed by atoms with Gasteiger partial charge in [0.15, 0.2) is 0 Å². The van der Waals surface area contributed by atoms with Crippen molar-refractivity contribution in [1.82, 2.24) is 20.1 Å². The third-order valence-corrected chi connectivity index (χ3v) is 5.34. The fourth-order valence-electron chi connectivity index (χ4n) is 3.71.